The normalized spacial score (nSPS) is 10.7. The Morgan fingerprint density at radius 3 is 2.43 bits per heavy atom. The summed E-state index contributed by atoms with van der Waals surface area (Å²) in [5.74, 6) is 1.91. The molecule has 1 aromatic heterocycles. The molecule has 0 bridgehead atoms. The number of hydrazone groups is 1. The number of benzene rings is 2. The number of hydrogen-bond acceptors (Lipinski definition) is 8. The number of nitrogens with zero attached hydrogens (tertiary/aromatic N) is 4. The lowest BCUT2D eigenvalue weighted by Crippen LogP contribution is -2.07. The zero-order chi connectivity index (χ0) is 19.9. The Morgan fingerprint density at radius 2 is 1.71 bits per heavy atom. The number of hydrogen-bond donors (Lipinski definition) is 3. The Morgan fingerprint density at radius 1 is 1.00 bits per heavy atom. The van der Waals surface area contributed by atoms with Crippen LogP contribution in [0.25, 0.3) is 0 Å². The van der Waals surface area contributed by atoms with Crippen LogP contribution in [0.2, 0.25) is 0 Å². The second kappa shape index (κ2) is 9.82. The van der Waals surface area contributed by atoms with E-state index in [-0.39, 0.29) is 0 Å². The third-order valence-corrected chi connectivity index (χ3v) is 4.92. The molecule has 0 aliphatic heterocycles. The van der Waals surface area contributed by atoms with Crippen LogP contribution in [-0.2, 0) is 0 Å². The van der Waals surface area contributed by atoms with Gasteiger partial charge in [-0.15, -0.1) is 0 Å². The molecule has 144 valence electrons. The zero-order valence-electron chi connectivity index (χ0n) is 15.1. The molecule has 0 atom stereocenters. The summed E-state index contributed by atoms with van der Waals surface area (Å²) in [5, 5.41) is 10.3. The van der Waals surface area contributed by atoms with Crippen LogP contribution in [0.15, 0.2) is 47.6 Å². The third kappa shape index (κ3) is 5.41. The quantitative estimate of drug-likeness (QED) is 0.211. The molecule has 3 aromatic rings. The van der Waals surface area contributed by atoms with Crippen LogP contribution in [0.3, 0.4) is 0 Å². The van der Waals surface area contributed by atoms with Gasteiger partial charge in [-0.2, -0.15) is 20.1 Å². The SMILES string of the molecule is CNc1nc(NN=Cc2cc(I)cc(I)c2OC)nc(Nc2ccccc2)n1. The number of halogens is 2. The van der Waals surface area contributed by atoms with E-state index in [0.717, 1.165) is 24.1 Å². The van der Waals surface area contributed by atoms with Gasteiger partial charge >= 0.3 is 0 Å². The minimum absolute atomic E-state index is 0.313. The Labute approximate surface area is 189 Å². The van der Waals surface area contributed by atoms with E-state index in [0.29, 0.717) is 17.8 Å². The number of rotatable bonds is 7. The van der Waals surface area contributed by atoms with Gasteiger partial charge in [0.15, 0.2) is 0 Å². The van der Waals surface area contributed by atoms with Crippen molar-refractivity contribution >= 4 is 74.9 Å². The second-order valence-corrected chi connectivity index (χ2v) is 7.84. The maximum absolute atomic E-state index is 5.46. The molecule has 28 heavy (non-hydrogen) atoms. The summed E-state index contributed by atoms with van der Waals surface area (Å²) >= 11 is 4.50. The van der Waals surface area contributed by atoms with Crippen molar-refractivity contribution in [1.82, 2.24) is 15.0 Å². The minimum Gasteiger partial charge on any atom is -0.495 e. The number of para-hydroxylation sites is 1. The summed E-state index contributed by atoms with van der Waals surface area (Å²) < 4.78 is 7.57. The van der Waals surface area contributed by atoms with Crippen LogP contribution in [0, 0.1) is 7.14 Å². The number of methoxy groups -OCH3 is 1. The van der Waals surface area contributed by atoms with Crippen LogP contribution in [0.4, 0.5) is 23.5 Å². The Bertz CT molecular complexity index is 983. The first-order chi connectivity index (χ1) is 13.6. The van der Waals surface area contributed by atoms with Crippen molar-refractivity contribution < 1.29 is 4.74 Å². The molecule has 10 heteroatoms. The molecule has 0 aliphatic rings. The lowest BCUT2D eigenvalue weighted by molar-refractivity contribution is 0.411. The van der Waals surface area contributed by atoms with Crippen molar-refractivity contribution in [3.63, 3.8) is 0 Å². The molecule has 3 N–H and O–H groups in total. The van der Waals surface area contributed by atoms with E-state index in [1.807, 2.05) is 42.5 Å². The molecule has 0 unspecified atom stereocenters. The molecule has 0 saturated heterocycles. The molecule has 0 spiro atoms. The molecular weight excluding hydrogens is 584 g/mol. The van der Waals surface area contributed by atoms with Gasteiger partial charge in [-0.05, 0) is 69.4 Å². The molecule has 0 radical (unpaired) electrons. The highest BCUT2D eigenvalue weighted by atomic mass is 127. The van der Waals surface area contributed by atoms with E-state index in [1.54, 1.807) is 20.4 Å². The number of nitrogens with one attached hydrogen (secondary N) is 3. The summed E-state index contributed by atoms with van der Waals surface area (Å²) in [6.07, 6.45) is 1.68. The van der Waals surface area contributed by atoms with Gasteiger partial charge < -0.3 is 15.4 Å². The monoisotopic (exact) mass is 601 g/mol. The Kier molecular flexibility index (Phi) is 7.19. The van der Waals surface area contributed by atoms with Crippen molar-refractivity contribution in [2.75, 3.05) is 30.2 Å². The maximum atomic E-state index is 5.46. The van der Waals surface area contributed by atoms with Crippen LogP contribution >= 0.6 is 45.2 Å². The molecule has 1 heterocycles. The van der Waals surface area contributed by atoms with Crippen molar-refractivity contribution in [1.29, 1.82) is 0 Å². The average molecular weight is 601 g/mol. The highest BCUT2D eigenvalue weighted by Crippen LogP contribution is 2.27. The van der Waals surface area contributed by atoms with E-state index in [4.69, 9.17) is 4.74 Å². The van der Waals surface area contributed by atoms with E-state index in [2.05, 4.69) is 81.3 Å². The summed E-state index contributed by atoms with van der Waals surface area (Å²) in [6, 6.07) is 13.7. The number of anilines is 4. The number of ether oxygens (including phenoxy) is 1. The fourth-order valence-corrected chi connectivity index (χ4v) is 4.41. The second-order valence-electron chi connectivity index (χ2n) is 5.43. The van der Waals surface area contributed by atoms with Gasteiger partial charge in [0.05, 0.1) is 16.9 Å². The summed E-state index contributed by atoms with van der Waals surface area (Å²) in [7, 11) is 3.38. The van der Waals surface area contributed by atoms with Crippen molar-refractivity contribution in [3.05, 3.63) is 55.2 Å². The van der Waals surface area contributed by atoms with Crippen LogP contribution in [0.5, 0.6) is 5.75 Å². The van der Waals surface area contributed by atoms with E-state index in [9.17, 15) is 0 Å². The average Bonchev–Trinajstić information content (AvgIpc) is 2.68. The van der Waals surface area contributed by atoms with Gasteiger partial charge in [-0.25, -0.2) is 5.43 Å². The standard InChI is InChI=1S/C18H17I2N7O/c1-21-16-24-17(23-13-6-4-3-5-7-13)26-18(25-16)27-22-10-11-8-12(19)9-14(20)15(11)28-2/h3-10H,1-2H3,(H3,21,23,24,25,26,27). The van der Waals surface area contributed by atoms with Crippen LogP contribution < -0.4 is 20.8 Å². The zero-order valence-corrected chi connectivity index (χ0v) is 19.4. The van der Waals surface area contributed by atoms with Crippen LogP contribution in [-0.4, -0.2) is 35.3 Å². The molecule has 2 aromatic carbocycles. The van der Waals surface area contributed by atoms with Gasteiger partial charge in [0, 0.05) is 21.9 Å². The van der Waals surface area contributed by atoms with Crippen molar-refractivity contribution in [2.45, 2.75) is 0 Å². The first-order valence-electron chi connectivity index (χ1n) is 8.17. The highest BCUT2D eigenvalue weighted by molar-refractivity contribution is 14.1. The molecule has 0 saturated carbocycles. The van der Waals surface area contributed by atoms with Gasteiger partial charge in [-0.3, -0.25) is 0 Å². The predicted octanol–water partition coefficient (Wildman–Crippen LogP) is 4.32. The summed E-state index contributed by atoms with van der Waals surface area (Å²) in [4.78, 5) is 12.9. The largest absolute Gasteiger partial charge is 0.495 e. The molecule has 0 fully saturated rings. The predicted molar refractivity (Wildman–Crippen MR) is 129 cm³/mol. The smallest absolute Gasteiger partial charge is 0.250 e. The van der Waals surface area contributed by atoms with Gasteiger partial charge in [0.1, 0.15) is 5.75 Å². The lowest BCUT2D eigenvalue weighted by atomic mass is 10.2. The minimum atomic E-state index is 0.313. The van der Waals surface area contributed by atoms with Crippen molar-refractivity contribution in [2.24, 2.45) is 5.10 Å². The molecule has 0 amide bonds. The van der Waals surface area contributed by atoms with Crippen LogP contribution in [0.1, 0.15) is 5.56 Å². The molecule has 0 aliphatic carbocycles. The first kappa shape index (κ1) is 20.5. The fourth-order valence-electron chi connectivity index (χ4n) is 2.30. The number of aromatic nitrogens is 3. The van der Waals surface area contributed by atoms with Gasteiger partial charge in [0.2, 0.25) is 17.8 Å². The lowest BCUT2D eigenvalue weighted by Gasteiger charge is -2.09. The topological polar surface area (TPSA) is 96.4 Å². The molecule has 3 rings (SSSR count). The van der Waals surface area contributed by atoms with Gasteiger partial charge in [0.25, 0.3) is 0 Å². The van der Waals surface area contributed by atoms with E-state index >= 15 is 0 Å². The fraction of sp³-hybridized carbons (Fsp3) is 0.111. The summed E-state index contributed by atoms with van der Waals surface area (Å²) in [6.45, 7) is 0. The first-order valence-corrected chi connectivity index (χ1v) is 10.3. The summed E-state index contributed by atoms with van der Waals surface area (Å²) in [5.41, 5.74) is 4.59. The molecular formula is C18H17I2N7O. The van der Waals surface area contributed by atoms with Crippen molar-refractivity contribution in [3.8, 4) is 5.75 Å². The maximum Gasteiger partial charge on any atom is 0.250 e. The Balaban J connectivity index is 1.81. The highest BCUT2D eigenvalue weighted by Gasteiger charge is 2.08. The Hall–Kier alpha value is -2.22. The third-order valence-electron chi connectivity index (χ3n) is 3.50. The molecule has 8 nitrogen and oxygen atoms in total. The van der Waals surface area contributed by atoms with Gasteiger partial charge in [-0.1, -0.05) is 18.2 Å². The van der Waals surface area contributed by atoms with E-state index < -0.39 is 0 Å². The van der Waals surface area contributed by atoms with E-state index in [1.165, 1.54) is 0 Å².